The zero-order valence-corrected chi connectivity index (χ0v) is 45.0. The van der Waals surface area contributed by atoms with Crippen molar-refractivity contribution in [1.29, 1.82) is 0 Å². The second kappa shape index (κ2) is 22.0. The third kappa shape index (κ3) is 10.4. The minimum atomic E-state index is -0.950. The number of carbonyl (C=O) groups is 6. The van der Waals surface area contributed by atoms with Gasteiger partial charge in [0, 0.05) is 58.8 Å². The van der Waals surface area contributed by atoms with Crippen LogP contribution in [0.25, 0.3) is 0 Å². The summed E-state index contributed by atoms with van der Waals surface area (Å²) < 4.78 is 47.9. The highest BCUT2D eigenvalue weighted by molar-refractivity contribution is 6.25. The number of carbonyl (C=O) groups excluding carboxylic acids is 6. The molecule has 0 aromatic carbocycles. The van der Waals surface area contributed by atoms with Gasteiger partial charge in [0.15, 0.2) is 35.3 Å². The van der Waals surface area contributed by atoms with E-state index in [0.717, 1.165) is 38.5 Å². The van der Waals surface area contributed by atoms with Gasteiger partial charge in [0.25, 0.3) is 0 Å². The van der Waals surface area contributed by atoms with Crippen LogP contribution in [0.1, 0.15) is 178 Å². The smallest absolute Gasteiger partial charge is 0.308 e. The Morgan fingerprint density at radius 1 is 0.554 bits per heavy atom. The molecule has 412 valence electrons. The first-order chi connectivity index (χ1) is 35.2. The van der Waals surface area contributed by atoms with Crippen LogP contribution < -0.4 is 0 Å². The molecule has 0 unspecified atom stereocenters. The third-order valence-electron chi connectivity index (χ3n) is 18.4. The zero-order chi connectivity index (χ0) is 52.9. The molecule has 3 aliphatic carbocycles. The van der Waals surface area contributed by atoms with E-state index in [0.29, 0.717) is 85.5 Å². The van der Waals surface area contributed by atoms with Crippen molar-refractivity contribution < 1.29 is 86.2 Å². The number of allylic oxidation sites excluding steroid dienone is 4. The molecule has 4 bridgehead atoms. The van der Waals surface area contributed by atoms with Crippen molar-refractivity contribution in [3.05, 3.63) is 22.3 Å². The summed E-state index contributed by atoms with van der Waals surface area (Å²) in [5.74, 6) is -3.83. The van der Waals surface area contributed by atoms with Crippen LogP contribution in [-0.2, 0) is 86.2 Å². The van der Waals surface area contributed by atoms with E-state index in [1.165, 1.54) is 0 Å². The molecule has 11 rings (SSSR count). The van der Waals surface area contributed by atoms with Gasteiger partial charge in [-0.15, -0.1) is 0 Å². The van der Waals surface area contributed by atoms with Crippen LogP contribution in [0.3, 0.4) is 0 Å². The summed E-state index contributed by atoms with van der Waals surface area (Å²) in [7, 11) is 0. The lowest BCUT2D eigenvalue weighted by atomic mass is 9.58. The van der Waals surface area contributed by atoms with Gasteiger partial charge in [0.2, 0.25) is 24.2 Å². The fourth-order valence-electron chi connectivity index (χ4n) is 14.2. The second-order valence-corrected chi connectivity index (χ2v) is 23.7. The van der Waals surface area contributed by atoms with Gasteiger partial charge in [0.05, 0.1) is 38.9 Å². The maximum absolute atomic E-state index is 13.9. The lowest BCUT2D eigenvalue weighted by Gasteiger charge is -2.59. The first kappa shape index (κ1) is 55.1. The van der Waals surface area contributed by atoms with Gasteiger partial charge >= 0.3 is 23.9 Å². The molecule has 74 heavy (non-hydrogen) atoms. The van der Waals surface area contributed by atoms with Crippen LogP contribution in [-0.4, -0.2) is 96.6 Å². The summed E-state index contributed by atoms with van der Waals surface area (Å²) in [5.41, 5.74) is 0.319. The summed E-state index contributed by atoms with van der Waals surface area (Å²) >= 11 is 0. The van der Waals surface area contributed by atoms with E-state index in [9.17, 15) is 28.8 Å². The number of Topliss-reactive ketones (excluding diaryl/α,β-unsaturated/α-hetero) is 2. The summed E-state index contributed by atoms with van der Waals surface area (Å²) in [5, 5.41) is 0. The standard InChI is InChI=1S/C56H80O18/c1-30(2)46-37(15-11-13-29-64-43(58)21-23-45(60)66-50-35(7)41-19-17-32(4)39-25-27-54(9)70-52(68-50)56(39,41)74-72-54)47(61)33(5)36(48(46)62)14-10-12-28-63-42(57)20-22-44(59)65-49-34(6)40-18-16-31(3)38-24-26-53(8)69-51(67-49)55(38,40)73-71-53/h30-32,34-35,38-41,49-52H,10-29H2,1-9H3/t31-,32-,34-,35-,38+,39+,40+,41+,49-,50-,51-,52-,53-,54-,55-,56-/m1/s1. The second-order valence-electron chi connectivity index (χ2n) is 23.7. The highest BCUT2D eigenvalue weighted by Crippen LogP contribution is 2.62. The van der Waals surface area contributed by atoms with Crippen molar-refractivity contribution in [3.8, 4) is 0 Å². The van der Waals surface area contributed by atoms with Crippen molar-refractivity contribution in [2.75, 3.05) is 13.2 Å². The summed E-state index contributed by atoms with van der Waals surface area (Å²) in [4.78, 5) is 103. The molecule has 0 radical (unpaired) electrons. The minimum absolute atomic E-state index is 0.00404. The molecule has 18 nitrogen and oxygen atoms in total. The molecule has 0 amide bonds. The molecular weight excluding hydrogens is 961 g/mol. The lowest BCUT2D eigenvalue weighted by Crippen LogP contribution is -2.70. The van der Waals surface area contributed by atoms with Crippen molar-refractivity contribution in [1.82, 2.24) is 0 Å². The van der Waals surface area contributed by atoms with Gasteiger partial charge in [-0.3, -0.25) is 28.8 Å². The fourth-order valence-corrected chi connectivity index (χ4v) is 14.2. The van der Waals surface area contributed by atoms with Crippen LogP contribution in [0.5, 0.6) is 0 Å². The largest absolute Gasteiger partial charge is 0.466 e. The predicted molar refractivity (Wildman–Crippen MR) is 259 cm³/mol. The van der Waals surface area contributed by atoms with Gasteiger partial charge in [-0.25, -0.2) is 19.6 Å². The third-order valence-corrected chi connectivity index (χ3v) is 18.4. The topological polar surface area (TPSA) is 213 Å². The molecule has 0 N–H and O–H groups in total. The van der Waals surface area contributed by atoms with E-state index in [1.807, 2.05) is 41.5 Å². The Kier molecular flexibility index (Phi) is 16.4. The Morgan fingerprint density at radius 2 is 0.986 bits per heavy atom. The van der Waals surface area contributed by atoms with E-state index in [-0.39, 0.29) is 91.9 Å². The van der Waals surface area contributed by atoms with E-state index >= 15 is 0 Å². The predicted octanol–water partition coefficient (Wildman–Crippen LogP) is 8.90. The minimum Gasteiger partial charge on any atom is -0.466 e. The quantitative estimate of drug-likeness (QED) is 0.0388. The van der Waals surface area contributed by atoms with Crippen LogP contribution in [0, 0.1) is 53.3 Å². The summed E-state index contributed by atoms with van der Waals surface area (Å²) in [6.07, 6.45) is 5.62. The Hall–Kier alpha value is -3.62. The van der Waals surface area contributed by atoms with Gasteiger partial charge in [-0.05, 0) is 127 Å². The molecule has 2 saturated carbocycles. The highest BCUT2D eigenvalue weighted by atomic mass is 17.3. The molecule has 8 saturated heterocycles. The average Bonchev–Trinajstić information content (AvgIpc) is 3.73. The van der Waals surface area contributed by atoms with Crippen LogP contribution in [0.15, 0.2) is 22.3 Å². The van der Waals surface area contributed by atoms with Crippen molar-refractivity contribution >= 4 is 35.4 Å². The summed E-state index contributed by atoms with van der Waals surface area (Å²) in [6.45, 7) is 17.8. The molecule has 11 aliphatic rings. The maximum atomic E-state index is 13.9. The normalized spacial score (nSPS) is 40.2. The zero-order valence-electron chi connectivity index (χ0n) is 45.0. The van der Waals surface area contributed by atoms with E-state index in [1.54, 1.807) is 6.92 Å². The molecule has 10 fully saturated rings. The number of rotatable bonds is 19. The molecular formula is C56H80O18. The number of esters is 4. The van der Waals surface area contributed by atoms with Crippen molar-refractivity contribution in [2.24, 2.45) is 53.3 Å². The lowest BCUT2D eigenvalue weighted by molar-refractivity contribution is -0.576. The van der Waals surface area contributed by atoms with Crippen LogP contribution in [0.2, 0.25) is 0 Å². The maximum Gasteiger partial charge on any atom is 0.308 e. The SMILES string of the molecule is CC1=C(CCCCOC(=O)CCC(=O)O[C@@H]2O[C@@H]3O[C@@]4(C)CC[C@H]5[C@H](C)CC[C@@H]([C@H]2C)[C@@]35OO4)C(=O)C(C(C)C)=C(CCCCOC(=O)CCC(=O)O[C@@H]2O[C@@H]3O[C@@]4(C)CC[C@H]5[C@H](C)CC[C@@H]([C@H]2C)[C@@]35OO4)C1=O. The van der Waals surface area contributed by atoms with Crippen molar-refractivity contribution in [3.63, 3.8) is 0 Å². The molecule has 8 heterocycles. The number of ketones is 2. The first-order valence-corrected chi connectivity index (χ1v) is 27.8. The van der Waals surface area contributed by atoms with Gasteiger partial charge < -0.3 is 37.9 Å². The Labute approximate surface area is 435 Å². The first-order valence-electron chi connectivity index (χ1n) is 27.8. The fraction of sp³-hybridized carbons (Fsp3) is 0.821. The van der Waals surface area contributed by atoms with Crippen LogP contribution in [0.4, 0.5) is 0 Å². The monoisotopic (exact) mass is 1040 g/mol. The van der Waals surface area contributed by atoms with E-state index in [2.05, 4.69) is 13.8 Å². The molecule has 8 aliphatic heterocycles. The highest BCUT2D eigenvalue weighted by Gasteiger charge is 2.71. The molecule has 0 aromatic rings. The number of ether oxygens (including phenoxy) is 8. The Morgan fingerprint density at radius 3 is 1.43 bits per heavy atom. The van der Waals surface area contributed by atoms with E-state index < -0.39 is 71.8 Å². The number of unbranched alkanes of at least 4 members (excludes halogenated alkanes) is 2. The molecule has 0 aromatic heterocycles. The molecule has 2 spiro atoms. The number of fused-ring (bicyclic) bond motifs is 4. The Balaban J connectivity index is 0.659. The van der Waals surface area contributed by atoms with Crippen molar-refractivity contribution in [2.45, 2.75) is 226 Å². The van der Waals surface area contributed by atoms with Gasteiger partial charge in [0.1, 0.15) is 0 Å². The van der Waals surface area contributed by atoms with E-state index in [4.69, 9.17) is 57.4 Å². The molecule has 16 atom stereocenters. The summed E-state index contributed by atoms with van der Waals surface area (Å²) in [6, 6.07) is 0. The number of hydrogen-bond donors (Lipinski definition) is 0. The average molecular weight is 1040 g/mol. The number of hydrogen-bond acceptors (Lipinski definition) is 18. The van der Waals surface area contributed by atoms with Crippen LogP contribution >= 0.6 is 0 Å². The van der Waals surface area contributed by atoms with Gasteiger partial charge in [-0.2, -0.15) is 0 Å². The van der Waals surface area contributed by atoms with Gasteiger partial charge in [-0.1, -0.05) is 41.5 Å². The molecule has 18 heteroatoms. The Bertz CT molecular complexity index is 2240.